The summed E-state index contributed by atoms with van der Waals surface area (Å²) in [5.41, 5.74) is 1.57. The van der Waals surface area contributed by atoms with Crippen molar-refractivity contribution in [2.24, 2.45) is 11.8 Å². The van der Waals surface area contributed by atoms with Crippen LogP contribution in [0.15, 0.2) is 59.5 Å². The molecule has 2 aliphatic heterocycles. The number of carbonyl (C=O) groups is 1. The summed E-state index contributed by atoms with van der Waals surface area (Å²) < 4.78 is 23.8. The van der Waals surface area contributed by atoms with E-state index in [-0.39, 0.29) is 5.91 Å². The van der Waals surface area contributed by atoms with Crippen LogP contribution in [0.25, 0.3) is 0 Å². The summed E-state index contributed by atoms with van der Waals surface area (Å²) in [6.45, 7) is 7.67. The SMILES string of the molecule is CC(C)(C(=O)N1CCC(C2CCN(c3cccc(S(C)(=O)=O)c3)CC2)CC1)c1ccccc1. The first kappa shape index (κ1) is 23.8. The molecule has 2 aromatic rings. The lowest BCUT2D eigenvalue weighted by molar-refractivity contribution is -0.138. The first-order valence-corrected chi connectivity index (χ1v) is 14.0. The molecule has 2 saturated heterocycles. The molecule has 0 atom stereocenters. The highest BCUT2D eigenvalue weighted by Gasteiger charge is 2.37. The van der Waals surface area contributed by atoms with E-state index >= 15 is 0 Å². The van der Waals surface area contributed by atoms with Gasteiger partial charge in [-0.3, -0.25) is 4.79 Å². The molecule has 5 nitrogen and oxygen atoms in total. The molecule has 0 aliphatic carbocycles. The van der Waals surface area contributed by atoms with Crippen LogP contribution in [0.5, 0.6) is 0 Å². The molecule has 33 heavy (non-hydrogen) atoms. The second-order valence-corrected chi connectivity index (χ2v) is 12.2. The Balaban J connectivity index is 1.31. The van der Waals surface area contributed by atoms with Crippen molar-refractivity contribution in [3.63, 3.8) is 0 Å². The molecule has 0 aromatic heterocycles. The number of amides is 1. The third-order valence-corrected chi connectivity index (χ3v) is 8.78. The molecule has 0 radical (unpaired) electrons. The van der Waals surface area contributed by atoms with Gasteiger partial charge in [-0.15, -0.1) is 0 Å². The first-order chi connectivity index (χ1) is 15.7. The quantitative estimate of drug-likeness (QED) is 0.647. The first-order valence-electron chi connectivity index (χ1n) is 12.1. The minimum atomic E-state index is -3.19. The predicted octanol–water partition coefficient (Wildman–Crippen LogP) is 4.52. The number of sulfone groups is 1. The van der Waals surface area contributed by atoms with Crippen LogP contribution in [0.4, 0.5) is 5.69 Å². The van der Waals surface area contributed by atoms with Crippen molar-refractivity contribution >= 4 is 21.4 Å². The smallest absolute Gasteiger partial charge is 0.232 e. The second-order valence-electron chi connectivity index (χ2n) is 10.2. The lowest BCUT2D eigenvalue weighted by Gasteiger charge is -2.42. The molecule has 0 saturated carbocycles. The number of hydrogen-bond donors (Lipinski definition) is 0. The van der Waals surface area contributed by atoms with Crippen LogP contribution in [0.3, 0.4) is 0 Å². The average Bonchev–Trinajstić information content (AvgIpc) is 2.84. The molecular formula is C27H36N2O3S. The normalized spacial score (nSPS) is 19.0. The molecular weight excluding hydrogens is 432 g/mol. The number of hydrogen-bond acceptors (Lipinski definition) is 4. The van der Waals surface area contributed by atoms with Gasteiger partial charge in [0.25, 0.3) is 0 Å². The van der Waals surface area contributed by atoms with E-state index in [4.69, 9.17) is 0 Å². The van der Waals surface area contributed by atoms with E-state index in [2.05, 4.69) is 9.80 Å². The van der Waals surface area contributed by atoms with Crippen LogP contribution in [0, 0.1) is 11.8 Å². The second kappa shape index (κ2) is 9.49. The minimum absolute atomic E-state index is 0.229. The molecule has 0 unspecified atom stereocenters. The van der Waals surface area contributed by atoms with E-state index in [1.54, 1.807) is 12.1 Å². The van der Waals surface area contributed by atoms with E-state index in [0.29, 0.717) is 16.7 Å². The summed E-state index contributed by atoms with van der Waals surface area (Å²) in [4.78, 5) is 18.0. The summed E-state index contributed by atoms with van der Waals surface area (Å²) >= 11 is 0. The van der Waals surface area contributed by atoms with Crippen molar-refractivity contribution in [1.29, 1.82) is 0 Å². The van der Waals surface area contributed by atoms with Gasteiger partial charge in [0.2, 0.25) is 5.91 Å². The van der Waals surface area contributed by atoms with Gasteiger partial charge in [0.1, 0.15) is 0 Å². The third-order valence-electron chi connectivity index (χ3n) is 7.67. The Labute approximate surface area is 198 Å². The summed E-state index contributed by atoms with van der Waals surface area (Å²) in [7, 11) is -3.19. The van der Waals surface area contributed by atoms with E-state index in [9.17, 15) is 13.2 Å². The Morgan fingerprint density at radius 3 is 2.00 bits per heavy atom. The maximum atomic E-state index is 13.3. The van der Waals surface area contributed by atoms with Gasteiger partial charge in [-0.2, -0.15) is 0 Å². The Hall–Kier alpha value is -2.34. The van der Waals surface area contributed by atoms with E-state index in [0.717, 1.165) is 63.1 Å². The van der Waals surface area contributed by atoms with Crippen molar-refractivity contribution in [2.45, 2.75) is 49.8 Å². The molecule has 1 amide bonds. The Kier molecular flexibility index (Phi) is 6.85. The number of nitrogens with zero attached hydrogens (tertiary/aromatic N) is 2. The zero-order chi connectivity index (χ0) is 23.6. The number of carbonyl (C=O) groups excluding carboxylic acids is 1. The molecule has 4 rings (SSSR count). The monoisotopic (exact) mass is 468 g/mol. The highest BCUT2D eigenvalue weighted by Crippen LogP contribution is 2.35. The molecule has 0 spiro atoms. The molecule has 0 bridgehead atoms. The standard InChI is InChI=1S/C27H36N2O3S/c1-27(2,23-8-5-4-6-9-23)26(30)29-18-14-22(15-19-29)21-12-16-28(17-13-21)24-10-7-11-25(20-24)33(3,31)32/h4-11,20-22H,12-19H2,1-3H3. The Morgan fingerprint density at radius 2 is 1.42 bits per heavy atom. The summed E-state index contributed by atoms with van der Waals surface area (Å²) in [5, 5.41) is 0. The van der Waals surface area contributed by atoms with Gasteiger partial charge in [0, 0.05) is 38.1 Å². The number of benzene rings is 2. The van der Waals surface area contributed by atoms with Crippen molar-refractivity contribution in [2.75, 3.05) is 37.3 Å². The van der Waals surface area contributed by atoms with Crippen LogP contribution < -0.4 is 4.90 Å². The number of rotatable bonds is 5. The lowest BCUT2D eigenvalue weighted by Crippen LogP contribution is -2.48. The average molecular weight is 469 g/mol. The van der Waals surface area contributed by atoms with Crippen molar-refractivity contribution in [1.82, 2.24) is 4.90 Å². The lowest BCUT2D eigenvalue weighted by atomic mass is 9.77. The maximum Gasteiger partial charge on any atom is 0.232 e. The molecule has 0 N–H and O–H groups in total. The molecule has 2 aromatic carbocycles. The fourth-order valence-electron chi connectivity index (χ4n) is 5.49. The zero-order valence-electron chi connectivity index (χ0n) is 20.0. The molecule has 2 heterocycles. The fourth-order valence-corrected chi connectivity index (χ4v) is 6.15. The largest absolute Gasteiger partial charge is 0.371 e. The number of piperidine rings is 2. The topological polar surface area (TPSA) is 57.7 Å². The number of anilines is 1. The van der Waals surface area contributed by atoms with Crippen LogP contribution in [-0.2, 0) is 20.0 Å². The zero-order valence-corrected chi connectivity index (χ0v) is 20.9. The highest BCUT2D eigenvalue weighted by atomic mass is 32.2. The Bertz CT molecular complexity index is 1070. The van der Waals surface area contributed by atoms with E-state index in [1.807, 2.05) is 56.3 Å². The third kappa shape index (κ3) is 5.26. The van der Waals surface area contributed by atoms with Gasteiger partial charge >= 0.3 is 0 Å². The Morgan fingerprint density at radius 1 is 0.848 bits per heavy atom. The fraction of sp³-hybridized carbons (Fsp3) is 0.519. The van der Waals surface area contributed by atoms with E-state index < -0.39 is 15.3 Å². The van der Waals surface area contributed by atoms with Gasteiger partial charge in [-0.05, 0) is 75.1 Å². The van der Waals surface area contributed by atoms with Crippen molar-refractivity contribution in [3.05, 3.63) is 60.2 Å². The van der Waals surface area contributed by atoms with Crippen LogP contribution in [-0.4, -0.2) is 51.7 Å². The van der Waals surface area contributed by atoms with Gasteiger partial charge in [0.05, 0.1) is 10.3 Å². The minimum Gasteiger partial charge on any atom is -0.371 e. The maximum absolute atomic E-state index is 13.3. The van der Waals surface area contributed by atoms with Crippen molar-refractivity contribution in [3.8, 4) is 0 Å². The highest BCUT2D eigenvalue weighted by molar-refractivity contribution is 7.90. The predicted molar refractivity (Wildman–Crippen MR) is 133 cm³/mol. The summed E-state index contributed by atoms with van der Waals surface area (Å²) in [6, 6.07) is 17.4. The van der Waals surface area contributed by atoms with Crippen molar-refractivity contribution < 1.29 is 13.2 Å². The van der Waals surface area contributed by atoms with Gasteiger partial charge in [-0.1, -0.05) is 36.4 Å². The van der Waals surface area contributed by atoms with Crippen LogP contribution >= 0.6 is 0 Å². The molecule has 2 fully saturated rings. The van der Waals surface area contributed by atoms with Gasteiger partial charge in [-0.25, -0.2) is 8.42 Å². The van der Waals surface area contributed by atoms with E-state index in [1.165, 1.54) is 6.26 Å². The molecule has 6 heteroatoms. The van der Waals surface area contributed by atoms with Gasteiger partial charge < -0.3 is 9.80 Å². The molecule has 178 valence electrons. The van der Waals surface area contributed by atoms with Crippen LogP contribution in [0.2, 0.25) is 0 Å². The van der Waals surface area contributed by atoms with Gasteiger partial charge in [0.15, 0.2) is 9.84 Å². The summed E-state index contributed by atoms with van der Waals surface area (Å²) in [6.07, 6.45) is 5.65. The summed E-state index contributed by atoms with van der Waals surface area (Å²) in [5.74, 6) is 1.57. The van der Waals surface area contributed by atoms with Crippen LogP contribution in [0.1, 0.15) is 45.1 Å². The molecule has 2 aliphatic rings. The number of likely N-dealkylation sites (tertiary alicyclic amines) is 1.